The van der Waals surface area contributed by atoms with Gasteiger partial charge in [0.15, 0.2) is 0 Å². The number of aryl methyl sites for hydroxylation is 2. The predicted octanol–water partition coefficient (Wildman–Crippen LogP) is 3.33. The van der Waals surface area contributed by atoms with E-state index in [4.69, 9.17) is 9.84 Å². The van der Waals surface area contributed by atoms with Crippen LogP contribution >= 0.6 is 0 Å². The van der Waals surface area contributed by atoms with Crippen molar-refractivity contribution in [3.8, 4) is 17.0 Å². The number of rotatable bonds is 8. The minimum Gasteiger partial charge on any atom is -0.496 e. The molecule has 9 heteroatoms. The highest BCUT2D eigenvalue weighted by Gasteiger charge is 2.21. The molecule has 2 amide bonds. The van der Waals surface area contributed by atoms with Gasteiger partial charge < -0.3 is 15.4 Å². The standard InChI is InChI=1S/C26H28N6O3/c1-17-24(18(2)31(3)29-17)28-23(33)14-27-26(34)21-16-32(15-19-10-6-5-7-11-19)30-25(21)20-12-8-9-13-22(20)35-4/h5-13,16H,14-15H2,1-4H3,(H,27,34)(H,28,33). The first kappa shape index (κ1) is 23.7. The first-order valence-electron chi connectivity index (χ1n) is 11.2. The zero-order valence-corrected chi connectivity index (χ0v) is 20.2. The second-order valence-corrected chi connectivity index (χ2v) is 8.18. The van der Waals surface area contributed by atoms with Gasteiger partial charge in [-0.2, -0.15) is 10.2 Å². The normalized spacial score (nSPS) is 10.7. The molecule has 0 saturated carbocycles. The van der Waals surface area contributed by atoms with Crippen molar-refractivity contribution < 1.29 is 14.3 Å². The van der Waals surface area contributed by atoms with Crippen molar-refractivity contribution in [2.45, 2.75) is 20.4 Å². The lowest BCUT2D eigenvalue weighted by Crippen LogP contribution is -2.33. The first-order chi connectivity index (χ1) is 16.9. The molecule has 0 fully saturated rings. The molecule has 0 atom stereocenters. The summed E-state index contributed by atoms with van der Waals surface area (Å²) in [5, 5.41) is 14.5. The van der Waals surface area contributed by atoms with Crippen molar-refractivity contribution in [1.29, 1.82) is 0 Å². The molecule has 0 aliphatic rings. The van der Waals surface area contributed by atoms with Crippen molar-refractivity contribution in [3.05, 3.63) is 83.3 Å². The van der Waals surface area contributed by atoms with E-state index in [2.05, 4.69) is 15.7 Å². The Bertz CT molecular complexity index is 1360. The molecular formula is C26H28N6O3. The summed E-state index contributed by atoms with van der Waals surface area (Å²) in [6.07, 6.45) is 1.69. The lowest BCUT2D eigenvalue weighted by Gasteiger charge is -2.09. The molecule has 4 aromatic rings. The van der Waals surface area contributed by atoms with E-state index in [1.165, 1.54) is 0 Å². The van der Waals surface area contributed by atoms with Gasteiger partial charge in [-0.05, 0) is 31.5 Å². The van der Waals surface area contributed by atoms with Gasteiger partial charge in [0.1, 0.15) is 11.4 Å². The largest absolute Gasteiger partial charge is 0.496 e. The number of carbonyl (C=O) groups is 2. The second kappa shape index (κ2) is 10.3. The summed E-state index contributed by atoms with van der Waals surface area (Å²) in [7, 11) is 3.39. The number of benzene rings is 2. The summed E-state index contributed by atoms with van der Waals surface area (Å²) in [6.45, 7) is 3.99. The van der Waals surface area contributed by atoms with E-state index >= 15 is 0 Å². The Morgan fingerprint density at radius 2 is 1.71 bits per heavy atom. The van der Waals surface area contributed by atoms with Gasteiger partial charge in [-0.25, -0.2) is 0 Å². The summed E-state index contributed by atoms with van der Waals surface area (Å²) in [6, 6.07) is 17.2. The van der Waals surface area contributed by atoms with Crippen LogP contribution in [-0.2, 0) is 18.4 Å². The number of para-hydroxylation sites is 1. The number of hydrogen-bond donors (Lipinski definition) is 2. The van der Waals surface area contributed by atoms with Crippen LogP contribution in [0.3, 0.4) is 0 Å². The summed E-state index contributed by atoms with van der Waals surface area (Å²) >= 11 is 0. The number of nitrogens with one attached hydrogen (secondary N) is 2. The third kappa shape index (κ3) is 5.24. The summed E-state index contributed by atoms with van der Waals surface area (Å²) < 4.78 is 8.91. The molecule has 35 heavy (non-hydrogen) atoms. The summed E-state index contributed by atoms with van der Waals surface area (Å²) in [5.74, 6) is -0.139. The third-order valence-corrected chi connectivity index (χ3v) is 5.74. The number of amides is 2. The average molecular weight is 473 g/mol. The Kier molecular flexibility index (Phi) is 6.96. The number of ether oxygens (including phenoxy) is 1. The highest BCUT2D eigenvalue weighted by Crippen LogP contribution is 2.31. The van der Waals surface area contributed by atoms with E-state index in [0.717, 1.165) is 11.3 Å². The zero-order chi connectivity index (χ0) is 24.9. The van der Waals surface area contributed by atoms with Gasteiger partial charge in [0.25, 0.3) is 5.91 Å². The maximum atomic E-state index is 13.2. The minimum atomic E-state index is -0.403. The van der Waals surface area contributed by atoms with Crippen LogP contribution in [0.4, 0.5) is 5.69 Å². The highest BCUT2D eigenvalue weighted by atomic mass is 16.5. The molecule has 0 aliphatic heterocycles. The predicted molar refractivity (Wildman–Crippen MR) is 133 cm³/mol. The Labute approximate surface area is 203 Å². The van der Waals surface area contributed by atoms with E-state index < -0.39 is 5.91 Å². The second-order valence-electron chi connectivity index (χ2n) is 8.18. The number of carbonyl (C=O) groups excluding carboxylic acids is 2. The fourth-order valence-corrected chi connectivity index (χ4v) is 3.87. The quantitative estimate of drug-likeness (QED) is 0.410. The molecule has 0 bridgehead atoms. The smallest absolute Gasteiger partial charge is 0.255 e. The fraction of sp³-hybridized carbons (Fsp3) is 0.231. The van der Waals surface area contributed by atoms with Crippen LogP contribution in [0.15, 0.2) is 60.8 Å². The van der Waals surface area contributed by atoms with E-state index in [-0.39, 0.29) is 12.5 Å². The molecule has 2 N–H and O–H groups in total. The fourth-order valence-electron chi connectivity index (χ4n) is 3.87. The van der Waals surface area contributed by atoms with E-state index in [1.807, 2.05) is 75.5 Å². The Morgan fingerprint density at radius 1 is 1.00 bits per heavy atom. The molecule has 0 radical (unpaired) electrons. The van der Waals surface area contributed by atoms with Gasteiger partial charge in [-0.15, -0.1) is 0 Å². The van der Waals surface area contributed by atoms with Gasteiger partial charge in [0.2, 0.25) is 5.91 Å². The molecular weight excluding hydrogens is 444 g/mol. The number of hydrogen-bond acceptors (Lipinski definition) is 5. The lowest BCUT2D eigenvalue weighted by atomic mass is 10.1. The van der Waals surface area contributed by atoms with Crippen LogP contribution in [0.2, 0.25) is 0 Å². The number of anilines is 1. The van der Waals surface area contributed by atoms with Crippen LogP contribution in [0.1, 0.15) is 27.3 Å². The van der Waals surface area contributed by atoms with Crippen molar-refractivity contribution in [2.24, 2.45) is 7.05 Å². The Morgan fingerprint density at radius 3 is 2.40 bits per heavy atom. The van der Waals surface area contributed by atoms with Crippen LogP contribution < -0.4 is 15.4 Å². The van der Waals surface area contributed by atoms with Crippen molar-refractivity contribution in [1.82, 2.24) is 24.9 Å². The van der Waals surface area contributed by atoms with Crippen molar-refractivity contribution >= 4 is 17.5 Å². The molecule has 2 aromatic carbocycles. The number of methoxy groups -OCH3 is 1. The number of aromatic nitrogens is 4. The molecule has 0 aliphatic carbocycles. The molecule has 0 unspecified atom stereocenters. The monoisotopic (exact) mass is 472 g/mol. The van der Waals surface area contributed by atoms with Crippen molar-refractivity contribution in [3.63, 3.8) is 0 Å². The van der Waals surface area contributed by atoms with Gasteiger partial charge in [-0.1, -0.05) is 42.5 Å². The van der Waals surface area contributed by atoms with Crippen LogP contribution in [0.5, 0.6) is 5.75 Å². The number of nitrogens with zero attached hydrogens (tertiary/aromatic N) is 4. The maximum absolute atomic E-state index is 13.2. The first-order valence-corrected chi connectivity index (χ1v) is 11.2. The van der Waals surface area contributed by atoms with E-state index in [9.17, 15) is 9.59 Å². The molecule has 0 spiro atoms. The summed E-state index contributed by atoms with van der Waals surface area (Å²) in [4.78, 5) is 25.8. The van der Waals surface area contributed by atoms with Gasteiger partial charge in [-0.3, -0.25) is 19.0 Å². The van der Waals surface area contributed by atoms with E-state index in [0.29, 0.717) is 40.5 Å². The molecule has 180 valence electrons. The zero-order valence-electron chi connectivity index (χ0n) is 20.2. The van der Waals surface area contributed by atoms with Crippen LogP contribution in [-0.4, -0.2) is 45.0 Å². The van der Waals surface area contributed by atoms with Gasteiger partial charge in [0.05, 0.1) is 42.8 Å². The van der Waals surface area contributed by atoms with Crippen LogP contribution in [0, 0.1) is 13.8 Å². The third-order valence-electron chi connectivity index (χ3n) is 5.74. The van der Waals surface area contributed by atoms with E-state index in [1.54, 1.807) is 22.7 Å². The van der Waals surface area contributed by atoms with Gasteiger partial charge >= 0.3 is 0 Å². The minimum absolute atomic E-state index is 0.193. The Hall–Kier alpha value is -4.40. The van der Waals surface area contributed by atoms with Crippen molar-refractivity contribution in [2.75, 3.05) is 19.0 Å². The SMILES string of the molecule is COc1ccccc1-c1nn(Cc2ccccc2)cc1C(=O)NCC(=O)Nc1c(C)nn(C)c1C. The molecule has 0 saturated heterocycles. The lowest BCUT2D eigenvalue weighted by molar-refractivity contribution is -0.115. The highest BCUT2D eigenvalue weighted by molar-refractivity contribution is 6.03. The van der Waals surface area contributed by atoms with Crippen LogP contribution in [0.25, 0.3) is 11.3 Å². The molecule has 9 nitrogen and oxygen atoms in total. The average Bonchev–Trinajstić information content (AvgIpc) is 3.39. The molecule has 4 rings (SSSR count). The topological polar surface area (TPSA) is 103 Å². The van der Waals surface area contributed by atoms with Gasteiger partial charge in [0, 0.05) is 18.8 Å². The molecule has 2 aromatic heterocycles. The Balaban J connectivity index is 1.57. The molecule has 2 heterocycles. The maximum Gasteiger partial charge on any atom is 0.255 e. The summed E-state index contributed by atoms with van der Waals surface area (Å²) in [5.41, 5.74) is 4.78.